The van der Waals surface area contributed by atoms with Crippen molar-refractivity contribution in [3.8, 4) is 5.75 Å². The smallest absolute Gasteiger partial charge is 0.373 e. The molecule has 190 valence electrons. The number of carbonyl (C=O) groups is 3. The summed E-state index contributed by atoms with van der Waals surface area (Å²) < 4.78 is 15.7. The molecule has 4 rings (SSSR count). The summed E-state index contributed by atoms with van der Waals surface area (Å²) in [6, 6.07) is 12.0. The lowest BCUT2D eigenvalue weighted by molar-refractivity contribution is -0.385. The zero-order valence-corrected chi connectivity index (χ0v) is 20.4. The van der Waals surface area contributed by atoms with Crippen LogP contribution in [0.1, 0.15) is 33.0 Å². The second-order valence-electron chi connectivity index (χ2n) is 8.01. The molecule has 0 saturated carbocycles. The lowest BCUT2D eigenvalue weighted by atomic mass is 10.1. The first-order valence-corrected chi connectivity index (χ1v) is 11.2. The van der Waals surface area contributed by atoms with Crippen molar-refractivity contribution in [2.45, 2.75) is 20.1 Å². The average molecular weight is 526 g/mol. The van der Waals surface area contributed by atoms with Crippen LogP contribution >= 0.6 is 11.6 Å². The minimum Gasteiger partial charge on any atom is -0.482 e. The average Bonchev–Trinajstić information content (AvgIpc) is 3.44. The number of carbonyl (C=O) groups excluding carboxylic acids is 3. The Bertz CT molecular complexity index is 1430. The lowest BCUT2D eigenvalue weighted by Gasteiger charge is -2.11. The van der Waals surface area contributed by atoms with Crippen LogP contribution in [0.4, 0.5) is 10.5 Å². The largest absolute Gasteiger partial charge is 0.482 e. The minimum absolute atomic E-state index is 0.0202. The molecule has 0 unspecified atom stereocenters. The Morgan fingerprint density at radius 2 is 1.92 bits per heavy atom. The molecule has 2 aromatic carbocycles. The van der Waals surface area contributed by atoms with Gasteiger partial charge in [0.25, 0.3) is 5.91 Å². The first-order valence-electron chi connectivity index (χ1n) is 10.8. The van der Waals surface area contributed by atoms with E-state index in [2.05, 4.69) is 10.1 Å². The second kappa shape index (κ2) is 10.5. The van der Waals surface area contributed by atoms with Crippen LogP contribution in [0.15, 0.2) is 58.6 Å². The topological polar surface area (TPSA) is 141 Å². The number of methoxy groups -OCH3 is 1. The van der Waals surface area contributed by atoms with E-state index in [4.69, 9.17) is 20.8 Å². The fourth-order valence-corrected chi connectivity index (χ4v) is 3.76. The zero-order chi connectivity index (χ0) is 26.7. The summed E-state index contributed by atoms with van der Waals surface area (Å²) in [6.45, 7) is 1.69. The Hall–Kier alpha value is -4.64. The molecule has 0 bridgehead atoms. The lowest BCUT2D eigenvalue weighted by Crippen LogP contribution is -2.30. The maximum Gasteiger partial charge on any atom is 0.373 e. The first kappa shape index (κ1) is 25.5. The number of imide groups is 1. The van der Waals surface area contributed by atoms with Crippen LogP contribution in [0.2, 0.25) is 5.02 Å². The maximum absolute atomic E-state index is 13.0. The fourth-order valence-electron chi connectivity index (χ4n) is 3.54. The highest BCUT2D eigenvalue weighted by Crippen LogP contribution is 2.37. The van der Waals surface area contributed by atoms with E-state index in [1.54, 1.807) is 0 Å². The third kappa shape index (κ3) is 5.62. The molecule has 12 heteroatoms. The van der Waals surface area contributed by atoms with Gasteiger partial charge in [-0.25, -0.2) is 9.59 Å². The molecular formula is C25H20ClN3O8. The molecule has 3 amide bonds. The van der Waals surface area contributed by atoms with Crippen LogP contribution in [-0.4, -0.2) is 34.8 Å². The quantitative estimate of drug-likeness (QED) is 0.148. The second-order valence-corrected chi connectivity index (χ2v) is 8.45. The highest BCUT2D eigenvalue weighted by molar-refractivity contribution is 6.31. The van der Waals surface area contributed by atoms with E-state index in [9.17, 15) is 24.5 Å². The number of rotatable bonds is 8. The number of nitrogens with zero attached hydrogens (tertiary/aromatic N) is 2. The number of furan rings is 1. The molecule has 0 spiro atoms. The third-order valence-electron chi connectivity index (χ3n) is 5.39. The highest BCUT2D eigenvalue weighted by atomic mass is 35.5. The van der Waals surface area contributed by atoms with Gasteiger partial charge in [-0.1, -0.05) is 41.4 Å². The van der Waals surface area contributed by atoms with Gasteiger partial charge < -0.3 is 19.2 Å². The molecule has 1 fully saturated rings. The van der Waals surface area contributed by atoms with Crippen LogP contribution in [0.5, 0.6) is 5.75 Å². The fraction of sp³-hybridized carbons (Fsp3) is 0.160. The number of esters is 1. The Morgan fingerprint density at radius 3 is 2.59 bits per heavy atom. The number of benzene rings is 2. The Morgan fingerprint density at radius 1 is 1.19 bits per heavy atom. The number of hydrogen-bond acceptors (Lipinski definition) is 8. The minimum atomic E-state index is -0.745. The molecule has 0 radical (unpaired) electrons. The summed E-state index contributed by atoms with van der Waals surface area (Å²) in [4.78, 5) is 49.0. The van der Waals surface area contributed by atoms with Crippen molar-refractivity contribution < 1.29 is 33.2 Å². The van der Waals surface area contributed by atoms with E-state index < -0.39 is 28.5 Å². The van der Waals surface area contributed by atoms with Gasteiger partial charge in [0.05, 0.1) is 18.6 Å². The van der Waals surface area contributed by atoms with E-state index in [0.717, 1.165) is 22.1 Å². The normalized spacial score (nSPS) is 14.1. The van der Waals surface area contributed by atoms with Crippen molar-refractivity contribution in [3.05, 3.63) is 97.6 Å². The summed E-state index contributed by atoms with van der Waals surface area (Å²) in [5, 5.41) is 14.2. The molecule has 11 nitrogen and oxygen atoms in total. The molecule has 1 aliphatic rings. The van der Waals surface area contributed by atoms with Crippen molar-refractivity contribution in [1.82, 2.24) is 10.2 Å². The number of hydrogen-bond donors (Lipinski definition) is 1. The Kier molecular flexibility index (Phi) is 7.25. The number of halogens is 1. The zero-order valence-electron chi connectivity index (χ0n) is 19.6. The molecule has 0 aliphatic carbocycles. The van der Waals surface area contributed by atoms with Crippen molar-refractivity contribution in [2.24, 2.45) is 0 Å². The van der Waals surface area contributed by atoms with Crippen LogP contribution in [0, 0.1) is 17.0 Å². The molecule has 37 heavy (non-hydrogen) atoms. The Balaban J connectivity index is 1.62. The summed E-state index contributed by atoms with van der Waals surface area (Å²) >= 11 is 6.10. The predicted molar refractivity (Wildman–Crippen MR) is 131 cm³/mol. The summed E-state index contributed by atoms with van der Waals surface area (Å²) in [7, 11) is 1.19. The van der Waals surface area contributed by atoms with Gasteiger partial charge >= 0.3 is 17.7 Å². The van der Waals surface area contributed by atoms with E-state index in [1.807, 2.05) is 31.2 Å². The van der Waals surface area contributed by atoms with Crippen LogP contribution in [-0.2, 0) is 22.7 Å². The third-order valence-corrected chi connectivity index (χ3v) is 5.61. The van der Waals surface area contributed by atoms with Crippen molar-refractivity contribution in [2.75, 3.05) is 7.11 Å². The Labute approximate surface area is 215 Å². The van der Waals surface area contributed by atoms with Crippen molar-refractivity contribution in [1.29, 1.82) is 0 Å². The van der Waals surface area contributed by atoms with Crippen molar-refractivity contribution in [3.63, 3.8) is 0 Å². The molecule has 1 aromatic heterocycles. The maximum atomic E-state index is 13.0. The number of aryl methyl sites for hydroxylation is 1. The molecule has 1 N–H and O–H groups in total. The molecule has 1 saturated heterocycles. The standard InChI is InChI=1S/C25H20ClN3O8/c1-14-3-5-15(6-4-14)13-36-22-16(9-17(26)11-20(22)29(33)34)10-19-23(30)28(25(32)27-19)12-18-7-8-21(37-18)24(31)35-2/h3-11H,12-13H2,1-2H3,(H,27,32)/b19-10-. The van der Waals surface area contributed by atoms with Gasteiger partial charge in [-0.3, -0.25) is 19.8 Å². The molecular weight excluding hydrogens is 506 g/mol. The van der Waals surface area contributed by atoms with Gasteiger partial charge in [0.2, 0.25) is 11.5 Å². The monoisotopic (exact) mass is 525 g/mol. The van der Waals surface area contributed by atoms with E-state index in [1.165, 1.54) is 31.4 Å². The molecule has 0 atom stereocenters. The van der Waals surface area contributed by atoms with Crippen LogP contribution < -0.4 is 10.1 Å². The number of urea groups is 1. The number of nitro groups is 1. The summed E-state index contributed by atoms with van der Waals surface area (Å²) in [6.07, 6.45) is 1.26. The van der Waals surface area contributed by atoms with Gasteiger partial charge in [-0.2, -0.15) is 0 Å². The highest BCUT2D eigenvalue weighted by Gasteiger charge is 2.35. The number of amides is 3. The van der Waals surface area contributed by atoms with Gasteiger partial charge in [0, 0.05) is 16.7 Å². The predicted octanol–water partition coefficient (Wildman–Crippen LogP) is 4.61. The number of nitrogens with one attached hydrogen (secondary N) is 1. The first-order chi connectivity index (χ1) is 17.7. The number of ether oxygens (including phenoxy) is 2. The van der Waals surface area contributed by atoms with Crippen molar-refractivity contribution >= 4 is 41.3 Å². The SMILES string of the molecule is COC(=O)c1ccc(CN2C(=O)N/C(=C\c3cc(Cl)cc([N+](=O)[O-])c3OCc3ccc(C)cc3)C2=O)o1. The van der Waals surface area contributed by atoms with Crippen LogP contribution in [0.25, 0.3) is 6.08 Å². The van der Waals surface area contributed by atoms with E-state index >= 15 is 0 Å². The van der Waals surface area contributed by atoms with Gasteiger partial charge in [0.15, 0.2) is 0 Å². The summed E-state index contributed by atoms with van der Waals surface area (Å²) in [5.74, 6) is -1.44. The van der Waals surface area contributed by atoms with Gasteiger partial charge in [-0.05, 0) is 36.8 Å². The van der Waals surface area contributed by atoms with Gasteiger partial charge in [0.1, 0.15) is 18.1 Å². The molecule has 1 aliphatic heterocycles. The number of nitro benzene ring substituents is 1. The molecule has 3 aromatic rings. The van der Waals surface area contributed by atoms with E-state index in [-0.39, 0.29) is 46.7 Å². The molecule has 2 heterocycles. The van der Waals surface area contributed by atoms with Crippen LogP contribution in [0.3, 0.4) is 0 Å². The summed E-state index contributed by atoms with van der Waals surface area (Å²) in [5.41, 5.74) is 1.40. The van der Waals surface area contributed by atoms with E-state index in [0.29, 0.717) is 0 Å². The van der Waals surface area contributed by atoms with Gasteiger partial charge in [-0.15, -0.1) is 0 Å².